The Labute approximate surface area is 72.9 Å². The van der Waals surface area contributed by atoms with Crippen molar-refractivity contribution in [1.82, 2.24) is 0 Å². The maximum atomic E-state index is 9.49. The van der Waals surface area contributed by atoms with Gasteiger partial charge in [-0.05, 0) is 12.1 Å². The minimum Gasteiger partial charge on any atom is -0.542 e. The summed E-state index contributed by atoms with van der Waals surface area (Å²) in [5, 5.41) is 0. The second kappa shape index (κ2) is 7.26. The van der Waals surface area contributed by atoms with Crippen LogP contribution in [0.2, 0.25) is 0 Å². The van der Waals surface area contributed by atoms with Gasteiger partial charge in [0.2, 0.25) is 0 Å². The van der Waals surface area contributed by atoms with Crippen LogP contribution in [0, 0.1) is 31.1 Å². The summed E-state index contributed by atoms with van der Waals surface area (Å²) in [7, 11) is 0. The normalized spacial score (nSPS) is 7.00. The largest absolute Gasteiger partial charge is 0.542 e. The van der Waals surface area contributed by atoms with Crippen LogP contribution in [0.3, 0.4) is 0 Å². The maximum absolute atomic E-state index is 9.49. The van der Waals surface area contributed by atoms with Crippen molar-refractivity contribution in [3.63, 3.8) is 0 Å². The second-order valence-electron chi connectivity index (χ2n) is 1.30. The van der Waals surface area contributed by atoms with E-state index in [-0.39, 0.29) is 31.1 Å². The molecule has 0 rings (SSSR count). The maximum Gasteiger partial charge on any atom is 0 e. The fourth-order valence-corrected chi connectivity index (χ4v) is 0.212. The van der Waals surface area contributed by atoms with Crippen molar-refractivity contribution in [2.75, 3.05) is 0 Å². The molecule has 3 heteroatoms. The van der Waals surface area contributed by atoms with E-state index in [0.29, 0.717) is 18.5 Å². The molecule has 8 heavy (non-hydrogen) atoms. The molecule has 0 spiro atoms. The van der Waals surface area contributed by atoms with E-state index in [9.17, 15) is 4.79 Å². The zero-order chi connectivity index (χ0) is 5.70. The third-order valence-corrected chi connectivity index (χ3v) is 0.548. The van der Waals surface area contributed by atoms with Crippen LogP contribution in [0.15, 0.2) is 12.3 Å². The Morgan fingerprint density at radius 3 is 2.38 bits per heavy atom. The molecule has 0 heterocycles. The van der Waals surface area contributed by atoms with Gasteiger partial charge in [-0.2, -0.15) is 0 Å². The van der Waals surface area contributed by atoms with Crippen molar-refractivity contribution < 1.29 is 35.9 Å². The van der Waals surface area contributed by atoms with Gasteiger partial charge in [-0.3, -0.25) is 6.29 Å². The van der Waals surface area contributed by atoms with Gasteiger partial charge in [0.1, 0.15) is 0 Å². The first-order valence-electron chi connectivity index (χ1n) is 2.05. The van der Waals surface area contributed by atoms with E-state index in [1.807, 2.05) is 0 Å². The Balaban J connectivity index is 0. The molecule has 0 aromatic carbocycles. The number of rotatable bonds is 3. The fraction of sp³-hybridized carbons (Fsp3) is 0.400. The molecule has 0 aliphatic heterocycles. The van der Waals surface area contributed by atoms with Gasteiger partial charge in [-0.15, -0.1) is 6.42 Å². The van der Waals surface area contributed by atoms with Crippen molar-refractivity contribution in [2.45, 2.75) is 12.8 Å². The van der Waals surface area contributed by atoms with Gasteiger partial charge in [-0.1, -0.05) is 6.58 Å². The Bertz CT molecular complexity index is 82.5. The van der Waals surface area contributed by atoms with Crippen molar-refractivity contribution in [3.05, 3.63) is 12.3 Å². The molecular weight excluding hydrogens is 328 g/mol. The molecule has 0 aromatic rings. The van der Waals surface area contributed by atoms with E-state index >= 15 is 0 Å². The first kappa shape index (κ1) is 11.1. The van der Waals surface area contributed by atoms with E-state index in [1.165, 1.54) is 0 Å². The van der Waals surface area contributed by atoms with Gasteiger partial charge in [0.15, 0.2) is 0 Å². The van der Waals surface area contributed by atoms with E-state index < -0.39 is 0 Å². The summed E-state index contributed by atoms with van der Waals surface area (Å²) in [6.07, 6.45) is 2.64. The van der Waals surface area contributed by atoms with Crippen molar-refractivity contribution in [1.29, 1.82) is 0 Å². The third-order valence-electron chi connectivity index (χ3n) is 0.548. The molecule has 0 unspecified atom stereocenters. The van der Waals surface area contributed by atoms with Crippen LogP contribution in [0.25, 0.3) is 0 Å². The molecule has 0 aliphatic carbocycles. The predicted octanol–water partition coefficient (Wildman–Crippen LogP) is 0.349. The Morgan fingerprint density at radius 2 is 2.25 bits per heavy atom. The summed E-state index contributed by atoms with van der Waals surface area (Å²) in [5.41, 5.74) is 5.65. The predicted molar refractivity (Wildman–Crippen MR) is 28.3 cm³/mol. The van der Waals surface area contributed by atoms with Gasteiger partial charge in [0.05, 0.1) is 0 Å². The van der Waals surface area contributed by atoms with Crippen molar-refractivity contribution in [2.24, 2.45) is 5.73 Å². The SMILES string of the molecule is C=C(N)CC[C-]=O.[U]. The zero-order valence-corrected chi connectivity index (χ0v) is 8.77. The minimum atomic E-state index is 0. The molecule has 0 saturated carbocycles. The van der Waals surface area contributed by atoms with E-state index in [4.69, 9.17) is 5.73 Å². The number of allylic oxidation sites excluding steroid dienone is 1. The minimum absolute atomic E-state index is 0. The van der Waals surface area contributed by atoms with E-state index in [2.05, 4.69) is 6.58 Å². The summed E-state index contributed by atoms with van der Waals surface area (Å²) < 4.78 is 0. The zero-order valence-electron chi connectivity index (χ0n) is 4.61. The summed E-state index contributed by atoms with van der Waals surface area (Å²) in [6.45, 7) is 3.39. The Morgan fingerprint density at radius 1 is 1.75 bits per heavy atom. The van der Waals surface area contributed by atoms with Crippen LogP contribution in [0.5, 0.6) is 0 Å². The van der Waals surface area contributed by atoms with Gasteiger partial charge < -0.3 is 10.5 Å². The topological polar surface area (TPSA) is 43.1 Å². The molecule has 0 radical (unpaired) electrons. The van der Waals surface area contributed by atoms with Crippen molar-refractivity contribution in [3.8, 4) is 0 Å². The van der Waals surface area contributed by atoms with Gasteiger partial charge in [0.25, 0.3) is 0 Å². The van der Waals surface area contributed by atoms with Crippen LogP contribution in [0.1, 0.15) is 12.8 Å². The van der Waals surface area contributed by atoms with E-state index in [0.717, 1.165) is 0 Å². The summed E-state index contributed by atoms with van der Waals surface area (Å²) >= 11 is 0. The standard InChI is InChI=1S/C5H8NO.U/c1-5(6)3-2-4-7;/h1-3,6H2;/q-1;. The molecular formula is C5H8NOU-. The Hall–Kier alpha value is 0.262. The van der Waals surface area contributed by atoms with Crippen LogP contribution < -0.4 is 5.73 Å². The molecule has 2 N–H and O–H groups in total. The molecule has 0 aliphatic rings. The molecule has 0 fully saturated rings. The van der Waals surface area contributed by atoms with Crippen LogP contribution in [-0.4, -0.2) is 6.29 Å². The fourth-order valence-electron chi connectivity index (χ4n) is 0.212. The van der Waals surface area contributed by atoms with Gasteiger partial charge in [-0.25, -0.2) is 0 Å². The monoisotopic (exact) mass is 336 g/mol. The quantitative estimate of drug-likeness (QED) is 0.756. The first-order valence-corrected chi connectivity index (χ1v) is 2.05. The number of hydrogen-bond donors (Lipinski definition) is 1. The van der Waals surface area contributed by atoms with Crippen LogP contribution >= 0.6 is 0 Å². The second-order valence-corrected chi connectivity index (χ2v) is 1.30. The molecule has 0 bridgehead atoms. The smallest absolute Gasteiger partial charge is 0 e. The molecule has 2 nitrogen and oxygen atoms in total. The average Bonchev–Trinajstić information content (AvgIpc) is 1.61. The Kier molecular flexibility index (Phi) is 10.1. The number of carbonyl (C=O) groups excluding carboxylic acids is 1. The molecule has 0 amide bonds. The third kappa shape index (κ3) is 9.55. The summed E-state index contributed by atoms with van der Waals surface area (Å²) in [5.74, 6) is 0. The van der Waals surface area contributed by atoms with Gasteiger partial charge in [0, 0.05) is 31.1 Å². The van der Waals surface area contributed by atoms with Crippen molar-refractivity contribution >= 4 is 6.29 Å². The molecule has 44 valence electrons. The van der Waals surface area contributed by atoms with Crippen LogP contribution in [0.4, 0.5) is 0 Å². The molecule has 0 saturated heterocycles. The van der Waals surface area contributed by atoms with E-state index in [1.54, 1.807) is 6.29 Å². The van der Waals surface area contributed by atoms with Crippen LogP contribution in [-0.2, 0) is 4.79 Å². The number of nitrogens with two attached hydrogens (primary N) is 1. The first-order chi connectivity index (χ1) is 3.27. The molecule has 0 atom stereocenters. The molecule has 0 aromatic heterocycles. The van der Waals surface area contributed by atoms with Gasteiger partial charge >= 0.3 is 0 Å². The average molecular weight is 336 g/mol. The number of hydrogen-bond acceptors (Lipinski definition) is 2. The summed E-state index contributed by atoms with van der Waals surface area (Å²) in [6, 6.07) is 0. The summed E-state index contributed by atoms with van der Waals surface area (Å²) in [4.78, 5) is 9.49.